The van der Waals surface area contributed by atoms with E-state index in [0.29, 0.717) is 26.4 Å². The molecular weight excluding hydrogens is 260 g/mol. The first-order valence-corrected chi connectivity index (χ1v) is 7.05. The molecule has 0 radical (unpaired) electrons. The minimum Gasteiger partial charge on any atom is -0.376 e. The summed E-state index contributed by atoms with van der Waals surface area (Å²) >= 11 is 0. The van der Waals surface area contributed by atoms with Crippen molar-refractivity contribution in [3.63, 3.8) is 0 Å². The van der Waals surface area contributed by atoms with E-state index in [0.717, 1.165) is 31.9 Å². The zero-order valence-electron chi connectivity index (χ0n) is 11.5. The van der Waals surface area contributed by atoms with Gasteiger partial charge in [-0.15, -0.1) is 0 Å². The molecule has 1 aromatic rings. The second kappa shape index (κ2) is 6.34. The summed E-state index contributed by atoms with van der Waals surface area (Å²) in [5.74, 6) is 0. The Balaban J connectivity index is 1.68. The Morgan fingerprint density at radius 3 is 2.90 bits per heavy atom. The molecule has 2 saturated heterocycles. The molecule has 0 bridgehead atoms. The van der Waals surface area contributed by atoms with Crippen LogP contribution in [0.5, 0.6) is 0 Å². The molecule has 3 rings (SSSR count). The molecule has 0 unspecified atom stereocenters. The van der Waals surface area contributed by atoms with E-state index in [1.165, 1.54) is 4.68 Å². The van der Waals surface area contributed by atoms with Gasteiger partial charge in [0.25, 0.3) is 5.56 Å². The van der Waals surface area contributed by atoms with Crippen LogP contribution in [0.3, 0.4) is 0 Å². The van der Waals surface area contributed by atoms with Crippen molar-refractivity contribution in [2.75, 3.05) is 50.9 Å². The molecule has 1 N–H and O–H groups in total. The van der Waals surface area contributed by atoms with Crippen molar-refractivity contribution in [2.45, 2.75) is 12.6 Å². The van der Waals surface area contributed by atoms with E-state index in [9.17, 15) is 4.79 Å². The number of rotatable bonds is 3. The molecule has 20 heavy (non-hydrogen) atoms. The summed E-state index contributed by atoms with van der Waals surface area (Å²) in [6, 6.07) is 1.65. The first-order chi connectivity index (χ1) is 9.83. The van der Waals surface area contributed by atoms with Gasteiger partial charge in [-0.1, -0.05) is 0 Å². The fourth-order valence-corrected chi connectivity index (χ4v) is 2.49. The average Bonchev–Trinajstić information content (AvgIpc) is 2.51. The summed E-state index contributed by atoms with van der Waals surface area (Å²) < 4.78 is 12.3. The maximum atomic E-state index is 12.1. The van der Waals surface area contributed by atoms with Gasteiger partial charge in [0, 0.05) is 32.2 Å². The van der Waals surface area contributed by atoms with Gasteiger partial charge >= 0.3 is 0 Å². The third kappa shape index (κ3) is 3.17. The summed E-state index contributed by atoms with van der Waals surface area (Å²) in [5, 5.41) is 7.54. The predicted molar refractivity (Wildman–Crippen MR) is 74.1 cm³/mol. The Labute approximate surface area is 117 Å². The van der Waals surface area contributed by atoms with Crippen LogP contribution in [0.4, 0.5) is 5.69 Å². The minimum atomic E-state index is -0.0878. The van der Waals surface area contributed by atoms with E-state index in [2.05, 4.69) is 15.3 Å². The fourth-order valence-electron chi connectivity index (χ4n) is 2.49. The number of aromatic nitrogens is 2. The molecule has 1 atom stereocenters. The number of hydrogen-bond acceptors (Lipinski definition) is 6. The summed E-state index contributed by atoms with van der Waals surface area (Å²) in [7, 11) is 0. The molecule has 0 saturated carbocycles. The average molecular weight is 280 g/mol. The minimum absolute atomic E-state index is 0.0843. The molecule has 0 aliphatic carbocycles. The molecule has 2 aliphatic rings. The third-order valence-corrected chi connectivity index (χ3v) is 3.60. The zero-order valence-corrected chi connectivity index (χ0v) is 11.5. The van der Waals surface area contributed by atoms with Crippen LogP contribution in [-0.2, 0) is 16.0 Å². The Hall–Kier alpha value is -1.44. The van der Waals surface area contributed by atoms with E-state index in [4.69, 9.17) is 9.47 Å². The van der Waals surface area contributed by atoms with Gasteiger partial charge < -0.3 is 19.7 Å². The lowest BCUT2D eigenvalue weighted by Gasteiger charge is -2.29. The Morgan fingerprint density at radius 1 is 1.35 bits per heavy atom. The summed E-state index contributed by atoms with van der Waals surface area (Å²) in [5.41, 5.74) is 0.809. The number of piperazine rings is 1. The molecule has 110 valence electrons. The topological polar surface area (TPSA) is 68.6 Å². The van der Waals surface area contributed by atoms with Crippen LogP contribution in [0.1, 0.15) is 0 Å². The first kappa shape index (κ1) is 13.5. The molecule has 7 nitrogen and oxygen atoms in total. The van der Waals surface area contributed by atoms with Gasteiger partial charge in [-0.25, -0.2) is 4.68 Å². The van der Waals surface area contributed by atoms with Crippen LogP contribution in [-0.4, -0.2) is 61.9 Å². The third-order valence-electron chi connectivity index (χ3n) is 3.60. The summed E-state index contributed by atoms with van der Waals surface area (Å²) in [6.45, 7) is 5.87. The van der Waals surface area contributed by atoms with E-state index in [1.807, 2.05) is 0 Å². The quantitative estimate of drug-likeness (QED) is 0.771. The molecule has 7 heteroatoms. The van der Waals surface area contributed by atoms with Gasteiger partial charge in [-0.3, -0.25) is 4.79 Å². The number of anilines is 1. The maximum absolute atomic E-state index is 12.1. The standard InChI is InChI=1S/C13H20N4O3/c18-13-7-11(16-3-1-14-2-4-16)8-15-17(13)9-12-10-19-5-6-20-12/h7-8,12,14H,1-6,9-10H2/t12-/m0/s1. The highest BCUT2D eigenvalue weighted by molar-refractivity contribution is 5.43. The SMILES string of the molecule is O=c1cc(N2CCNCC2)cnn1C[C@H]1COCCO1. The maximum Gasteiger partial charge on any atom is 0.268 e. The molecule has 0 amide bonds. The highest BCUT2D eigenvalue weighted by atomic mass is 16.6. The predicted octanol–water partition coefficient (Wildman–Crippen LogP) is -0.932. The number of ether oxygens (including phenoxy) is 2. The van der Waals surface area contributed by atoms with Crippen LogP contribution in [0.15, 0.2) is 17.1 Å². The zero-order chi connectivity index (χ0) is 13.8. The largest absolute Gasteiger partial charge is 0.376 e. The van der Waals surface area contributed by atoms with Crippen molar-refractivity contribution < 1.29 is 9.47 Å². The number of nitrogens with zero attached hydrogens (tertiary/aromatic N) is 3. The Kier molecular flexibility index (Phi) is 4.29. The molecule has 1 aromatic heterocycles. The molecule has 2 fully saturated rings. The highest BCUT2D eigenvalue weighted by Gasteiger charge is 2.17. The van der Waals surface area contributed by atoms with Crippen molar-refractivity contribution in [1.29, 1.82) is 0 Å². The van der Waals surface area contributed by atoms with Crippen molar-refractivity contribution >= 4 is 5.69 Å². The smallest absolute Gasteiger partial charge is 0.268 e. The Morgan fingerprint density at radius 2 is 2.20 bits per heavy atom. The van der Waals surface area contributed by atoms with Gasteiger partial charge in [0.1, 0.15) is 6.10 Å². The van der Waals surface area contributed by atoms with E-state index >= 15 is 0 Å². The fraction of sp³-hybridized carbons (Fsp3) is 0.692. The monoisotopic (exact) mass is 280 g/mol. The molecule has 3 heterocycles. The van der Waals surface area contributed by atoms with Crippen molar-refractivity contribution in [2.24, 2.45) is 0 Å². The van der Waals surface area contributed by atoms with Gasteiger partial charge in [-0.2, -0.15) is 5.10 Å². The van der Waals surface area contributed by atoms with Gasteiger partial charge in [-0.05, 0) is 0 Å². The number of nitrogens with one attached hydrogen (secondary N) is 1. The summed E-state index contributed by atoms with van der Waals surface area (Å²) in [6.07, 6.45) is 1.68. The van der Waals surface area contributed by atoms with Crippen molar-refractivity contribution in [1.82, 2.24) is 15.1 Å². The highest BCUT2D eigenvalue weighted by Crippen LogP contribution is 2.10. The van der Waals surface area contributed by atoms with Crippen LogP contribution in [0, 0.1) is 0 Å². The molecule has 0 aromatic carbocycles. The van der Waals surface area contributed by atoms with Gasteiger partial charge in [0.2, 0.25) is 0 Å². The molecule has 2 aliphatic heterocycles. The number of hydrogen-bond donors (Lipinski definition) is 1. The summed E-state index contributed by atoms with van der Waals surface area (Å²) in [4.78, 5) is 14.3. The first-order valence-electron chi connectivity index (χ1n) is 7.05. The van der Waals surface area contributed by atoms with Crippen LogP contribution in [0.25, 0.3) is 0 Å². The van der Waals surface area contributed by atoms with Crippen LogP contribution in [0.2, 0.25) is 0 Å². The Bertz CT molecular complexity index is 493. The molecular formula is C13H20N4O3. The van der Waals surface area contributed by atoms with Crippen molar-refractivity contribution in [3.8, 4) is 0 Å². The lowest BCUT2D eigenvalue weighted by Crippen LogP contribution is -2.44. The lowest BCUT2D eigenvalue weighted by molar-refractivity contribution is -0.0950. The van der Waals surface area contributed by atoms with E-state index in [-0.39, 0.29) is 11.7 Å². The second-order valence-corrected chi connectivity index (χ2v) is 5.04. The second-order valence-electron chi connectivity index (χ2n) is 5.04. The van der Waals surface area contributed by atoms with Gasteiger partial charge in [0.05, 0.1) is 38.2 Å². The van der Waals surface area contributed by atoms with Crippen LogP contribution >= 0.6 is 0 Å². The molecule has 0 spiro atoms. The van der Waals surface area contributed by atoms with E-state index < -0.39 is 0 Å². The van der Waals surface area contributed by atoms with Crippen molar-refractivity contribution in [3.05, 3.63) is 22.6 Å². The lowest BCUT2D eigenvalue weighted by atomic mass is 10.3. The van der Waals surface area contributed by atoms with Gasteiger partial charge in [0.15, 0.2) is 0 Å². The van der Waals surface area contributed by atoms with Crippen LogP contribution < -0.4 is 15.8 Å². The van der Waals surface area contributed by atoms with E-state index in [1.54, 1.807) is 12.3 Å². The normalized spacial score (nSPS) is 23.8.